The van der Waals surface area contributed by atoms with Gasteiger partial charge >= 0.3 is 5.97 Å². The van der Waals surface area contributed by atoms with E-state index in [0.29, 0.717) is 5.01 Å². The van der Waals surface area contributed by atoms with Gasteiger partial charge in [0, 0.05) is 17.1 Å². The maximum atomic E-state index is 11.9. The van der Waals surface area contributed by atoms with Gasteiger partial charge in [-0.15, -0.1) is 11.3 Å². The molecule has 2 rings (SSSR count). The van der Waals surface area contributed by atoms with Gasteiger partial charge in [0.2, 0.25) is 5.91 Å². The van der Waals surface area contributed by atoms with Crippen LogP contribution in [-0.4, -0.2) is 34.3 Å². The Balaban J connectivity index is 1.79. The average molecular weight is 378 g/mol. The number of para-hydroxylation sites is 1. The normalized spacial score (nSPS) is 10.0. The number of hydrogen-bond acceptors (Lipinski definition) is 8. The average Bonchev–Trinajstić information content (AvgIpc) is 3.02. The van der Waals surface area contributed by atoms with Crippen molar-refractivity contribution in [2.45, 2.75) is 13.3 Å². The Hall–Kier alpha value is -3.34. The maximum absolute atomic E-state index is 11.9. The van der Waals surface area contributed by atoms with Gasteiger partial charge in [-0.1, -0.05) is 12.1 Å². The van der Waals surface area contributed by atoms with Crippen LogP contribution in [0.1, 0.15) is 21.1 Å². The Morgan fingerprint density at radius 2 is 1.92 bits per heavy atom. The standard InChI is InChI=1S/C15H14N4O6S/c1-9-8-26-14(16-9)6-12(20)17-18-13(21)7-25-15(22)10-4-2-3-5-11(10)19(23)24/h2-5,8H,6-7H2,1H3,(H,17,20)(H,18,21). The summed E-state index contributed by atoms with van der Waals surface area (Å²) in [5.41, 5.74) is 4.34. The first-order valence-electron chi connectivity index (χ1n) is 7.26. The van der Waals surface area contributed by atoms with E-state index in [9.17, 15) is 24.5 Å². The van der Waals surface area contributed by atoms with Crippen LogP contribution in [0.4, 0.5) is 5.69 Å². The van der Waals surface area contributed by atoms with Crippen LogP contribution in [0.15, 0.2) is 29.6 Å². The third kappa shape index (κ3) is 5.34. The molecule has 0 saturated heterocycles. The molecule has 11 heteroatoms. The molecule has 0 aliphatic heterocycles. The molecule has 0 bridgehead atoms. The minimum Gasteiger partial charge on any atom is -0.452 e. The number of rotatable bonds is 6. The number of nitrogens with one attached hydrogen (secondary N) is 2. The molecule has 2 N–H and O–H groups in total. The number of nitrogens with zero attached hydrogens (tertiary/aromatic N) is 2. The number of carbonyl (C=O) groups is 3. The van der Waals surface area contributed by atoms with E-state index in [2.05, 4.69) is 15.8 Å². The second-order valence-corrected chi connectivity index (χ2v) is 5.95. The molecule has 0 atom stereocenters. The molecule has 2 aromatic rings. The van der Waals surface area contributed by atoms with Gasteiger partial charge in [-0.2, -0.15) is 0 Å². The van der Waals surface area contributed by atoms with E-state index < -0.39 is 35.0 Å². The molecule has 0 saturated carbocycles. The van der Waals surface area contributed by atoms with Crippen molar-refractivity contribution in [3.05, 3.63) is 56.0 Å². The zero-order valence-electron chi connectivity index (χ0n) is 13.6. The zero-order valence-corrected chi connectivity index (χ0v) is 14.4. The van der Waals surface area contributed by atoms with Gasteiger partial charge in [0.15, 0.2) is 6.61 Å². The molecule has 136 valence electrons. The van der Waals surface area contributed by atoms with Gasteiger partial charge in [-0.25, -0.2) is 9.78 Å². The van der Waals surface area contributed by atoms with Crippen LogP contribution >= 0.6 is 11.3 Å². The lowest BCUT2D eigenvalue weighted by Crippen LogP contribution is -2.44. The molecule has 26 heavy (non-hydrogen) atoms. The highest BCUT2D eigenvalue weighted by Gasteiger charge is 2.21. The molecular formula is C15H14N4O6S. The van der Waals surface area contributed by atoms with Crippen LogP contribution in [0.2, 0.25) is 0 Å². The number of carbonyl (C=O) groups excluding carboxylic acids is 3. The van der Waals surface area contributed by atoms with Crippen LogP contribution in [0.25, 0.3) is 0 Å². The number of thiazole rings is 1. The lowest BCUT2D eigenvalue weighted by atomic mass is 10.2. The summed E-state index contributed by atoms with van der Waals surface area (Å²) in [7, 11) is 0. The van der Waals surface area contributed by atoms with Gasteiger partial charge in [-0.3, -0.25) is 30.6 Å². The van der Waals surface area contributed by atoms with E-state index in [-0.39, 0.29) is 12.0 Å². The van der Waals surface area contributed by atoms with Gasteiger partial charge < -0.3 is 4.74 Å². The summed E-state index contributed by atoms with van der Waals surface area (Å²) in [6.45, 7) is 1.09. The number of esters is 1. The predicted octanol–water partition coefficient (Wildman–Crippen LogP) is 0.907. The third-order valence-electron chi connectivity index (χ3n) is 2.97. The van der Waals surface area contributed by atoms with Gasteiger partial charge in [0.05, 0.1) is 11.3 Å². The molecule has 1 aromatic heterocycles. The van der Waals surface area contributed by atoms with Gasteiger partial charge in [-0.05, 0) is 13.0 Å². The molecule has 1 heterocycles. The molecule has 2 amide bonds. The Morgan fingerprint density at radius 3 is 2.58 bits per heavy atom. The number of nitro groups is 1. The van der Waals surface area contributed by atoms with E-state index in [1.165, 1.54) is 29.5 Å². The first-order chi connectivity index (χ1) is 12.4. The number of aryl methyl sites for hydroxylation is 1. The molecular weight excluding hydrogens is 364 g/mol. The van der Waals surface area contributed by atoms with Crippen LogP contribution in [-0.2, 0) is 20.7 Å². The van der Waals surface area contributed by atoms with Crippen LogP contribution in [0, 0.1) is 17.0 Å². The second kappa shape index (κ2) is 8.67. The number of amides is 2. The van der Waals surface area contributed by atoms with Crippen LogP contribution < -0.4 is 10.9 Å². The number of benzene rings is 1. The topological polar surface area (TPSA) is 141 Å². The molecule has 0 unspecified atom stereocenters. The van der Waals surface area contributed by atoms with E-state index in [0.717, 1.165) is 11.8 Å². The van der Waals surface area contributed by atoms with Crippen molar-refractivity contribution in [1.82, 2.24) is 15.8 Å². The molecule has 10 nitrogen and oxygen atoms in total. The number of hydrazine groups is 1. The van der Waals surface area contributed by atoms with Crippen molar-refractivity contribution >= 4 is 34.8 Å². The minimum atomic E-state index is -1.02. The van der Waals surface area contributed by atoms with E-state index >= 15 is 0 Å². The smallest absolute Gasteiger partial charge is 0.345 e. The van der Waals surface area contributed by atoms with Crippen LogP contribution in [0.3, 0.4) is 0 Å². The maximum Gasteiger partial charge on any atom is 0.345 e. The molecule has 0 radical (unpaired) electrons. The Kier molecular flexibility index (Phi) is 6.33. The summed E-state index contributed by atoms with van der Waals surface area (Å²) in [5, 5.41) is 13.2. The lowest BCUT2D eigenvalue weighted by molar-refractivity contribution is -0.385. The monoisotopic (exact) mass is 378 g/mol. The third-order valence-corrected chi connectivity index (χ3v) is 3.94. The highest BCUT2D eigenvalue weighted by Crippen LogP contribution is 2.18. The molecule has 0 spiro atoms. The van der Waals surface area contributed by atoms with E-state index in [1.54, 1.807) is 12.3 Å². The summed E-state index contributed by atoms with van der Waals surface area (Å²) in [6, 6.07) is 5.21. The SMILES string of the molecule is Cc1csc(CC(=O)NNC(=O)COC(=O)c2ccccc2[N+](=O)[O-])n1. The van der Waals surface area contributed by atoms with Crippen molar-refractivity contribution in [3.63, 3.8) is 0 Å². The molecule has 0 aliphatic carbocycles. The van der Waals surface area contributed by atoms with Crippen molar-refractivity contribution < 1.29 is 24.0 Å². The summed E-state index contributed by atoms with van der Waals surface area (Å²) >= 11 is 1.32. The summed E-state index contributed by atoms with van der Waals surface area (Å²) in [6.07, 6.45) is -0.00517. The Bertz CT molecular complexity index is 850. The fourth-order valence-electron chi connectivity index (χ4n) is 1.86. The lowest BCUT2D eigenvalue weighted by Gasteiger charge is -2.07. The largest absolute Gasteiger partial charge is 0.452 e. The van der Waals surface area contributed by atoms with E-state index in [1.807, 2.05) is 0 Å². The predicted molar refractivity (Wildman–Crippen MR) is 90.2 cm³/mol. The number of aromatic nitrogens is 1. The highest BCUT2D eigenvalue weighted by molar-refractivity contribution is 7.09. The molecule has 0 fully saturated rings. The van der Waals surface area contributed by atoms with Crippen molar-refractivity contribution in [2.24, 2.45) is 0 Å². The molecule has 1 aromatic carbocycles. The highest BCUT2D eigenvalue weighted by atomic mass is 32.1. The van der Waals surface area contributed by atoms with Crippen LogP contribution in [0.5, 0.6) is 0 Å². The first-order valence-corrected chi connectivity index (χ1v) is 8.14. The van der Waals surface area contributed by atoms with Crippen molar-refractivity contribution in [1.29, 1.82) is 0 Å². The minimum absolute atomic E-state index is 0.00517. The zero-order chi connectivity index (χ0) is 19.1. The number of hydrogen-bond donors (Lipinski definition) is 2. The Labute approximate surface area is 151 Å². The fraction of sp³-hybridized carbons (Fsp3) is 0.200. The summed E-state index contributed by atoms with van der Waals surface area (Å²) in [5.74, 6) is -2.30. The fourth-order valence-corrected chi connectivity index (χ4v) is 2.63. The van der Waals surface area contributed by atoms with Crippen molar-refractivity contribution in [2.75, 3.05) is 6.61 Å². The second-order valence-electron chi connectivity index (χ2n) is 5.01. The summed E-state index contributed by atoms with van der Waals surface area (Å²) < 4.78 is 4.72. The quantitative estimate of drug-likeness (QED) is 0.432. The van der Waals surface area contributed by atoms with Crippen molar-refractivity contribution in [3.8, 4) is 0 Å². The summed E-state index contributed by atoms with van der Waals surface area (Å²) in [4.78, 5) is 49.4. The number of nitro benzene ring substituents is 1. The first kappa shape index (κ1) is 19.0. The van der Waals surface area contributed by atoms with E-state index in [4.69, 9.17) is 4.74 Å². The Morgan fingerprint density at radius 1 is 1.23 bits per heavy atom. The molecule has 0 aliphatic rings. The number of ether oxygens (including phenoxy) is 1. The van der Waals surface area contributed by atoms with Gasteiger partial charge in [0.1, 0.15) is 10.6 Å². The van der Waals surface area contributed by atoms with Gasteiger partial charge in [0.25, 0.3) is 11.6 Å².